The summed E-state index contributed by atoms with van der Waals surface area (Å²) in [4.78, 5) is 14.7. The van der Waals surface area contributed by atoms with Crippen LogP contribution in [0.25, 0.3) is 0 Å². The number of carbonyl (C=O) groups is 1. The van der Waals surface area contributed by atoms with Crippen molar-refractivity contribution in [2.24, 2.45) is 0 Å². The number of nitrogens with zero attached hydrogens (tertiary/aromatic N) is 1. The van der Waals surface area contributed by atoms with Crippen LogP contribution >= 0.6 is 24.8 Å². The van der Waals surface area contributed by atoms with Gasteiger partial charge in [0.25, 0.3) is 5.91 Å². The number of methoxy groups -OCH3 is 1. The molecule has 0 aromatic carbocycles. The minimum atomic E-state index is -0.609. The van der Waals surface area contributed by atoms with E-state index in [2.05, 4.69) is 22.6 Å². The maximum atomic E-state index is 12.3. The SMILES string of the molecule is COC1(C(=O)NCC2CCCN2C)CCNCC1.Cl.Cl. The number of halogens is 2. The van der Waals surface area contributed by atoms with Gasteiger partial charge in [0.15, 0.2) is 0 Å². The monoisotopic (exact) mass is 327 g/mol. The molecule has 0 spiro atoms. The molecular weight excluding hydrogens is 301 g/mol. The van der Waals surface area contributed by atoms with Crippen molar-refractivity contribution in [3.63, 3.8) is 0 Å². The molecular formula is C13H27Cl2N3O2. The molecule has 0 aromatic heterocycles. The van der Waals surface area contributed by atoms with Crippen LogP contribution in [-0.4, -0.2) is 62.8 Å². The van der Waals surface area contributed by atoms with Crippen LogP contribution in [0.1, 0.15) is 25.7 Å². The zero-order chi connectivity index (χ0) is 13.0. The number of piperidine rings is 1. The van der Waals surface area contributed by atoms with Crippen molar-refractivity contribution in [1.29, 1.82) is 0 Å². The summed E-state index contributed by atoms with van der Waals surface area (Å²) in [6.07, 6.45) is 3.93. The summed E-state index contributed by atoms with van der Waals surface area (Å²) in [5.41, 5.74) is -0.609. The van der Waals surface area contributed by atoms with Crippen LogP contribution in [-0.2, 0) is 9.53 Å². The van der Waals surface area contributed by atoms with E-state index >= 15 is 0 Å². The molecule has 0 radical (unpaired) electrons. The minimum Gasteiger partial charge on any atom is -0.368 e. The first-order valence-electron chi connectivity index (χ1n) is 6.92. The molecule has 2 fully saturated rings. The first kappa shape index (κ1) is 19.9. The fourth-order valence-corrected chi connectivity index (χ4v) is 2.96. The first-order valence-corrected chi connectivity index (χ1v) is 6.92. The lowest BCUT2D eigenvalue weighted by Gasteiger charge is -2.35. The van der Waals surface area contributed by atoms with Gasteiger partial charge < -0.3 is 20.3 Å². The molecule has 2 rings (SSSR count). The van der Waals surface area contributed by atoms with Crippen LogP contribution in [0, 0.1) is 0 Å². The van der Waals surface area contributed by atoms with E-state index in [9.17, 15) is 4.79 Å². The predicted molar refractivity (Wildman–Crippen MR) is 85.0 cm³/mol. The molecule has 2 aliphatic heterocycles. The van der Waals surface area contributed by atoms with Gasteiger partial charge in [0.2, 0.25) is 0 Å². The molecule has 0 aromatic rings. The number of likely N-dealkylation sites (tertiary alicyclic amines) is 1. The van der Waals surface area contributed by atoms with Crippen molar-refractivity contribution in [3.8, 4) is 0 Å². The third-order valence-corrected chi connectivity index (χ3v) is 4.39. The van der Waals surface area contributed by atoms with E-state index in [1.807, 2.05) is 0 Å². The highest BCUT2D eigenvalue weighted by Gasteiger charge is 2.39. The quantitative estimate of drug-likeness (QED) is 0.802. The smallest absolute Gasteiger partial charge is 0.252 e. The van der Waals surface area contributed by atoms with Crippen molar-refractivity contribution in [3.05, 3.63) is 0 Å². The fraction of sp³-hybridized carbons (Fsp3) is 0.923. The molecule has 0 bridgehead atoms. The number of nitrogens with one attached hydrogen (secondary N) is 2. The Kier molecular flexibility index (Phi) is 9.02. The normalized spacial score (nSPS) is 25.4. The Balaban J connectivity index is 0.00000180. The topological polar surface area (TPSA) is 53.6 Å². The van der Waals surface area contributed by atoms with Crippen LogP contribution in [0.5, 0.6) is 0 Å². The average molecular weight is 328 g/mol. The molecule has 2 saturated heterocycles. The number of carbonyl (C=O) groups excluding carboxylic acids is 1. The highest BCUT2D eigenvalue weighted by molar-refractivity contribution is 5.86. The minimum absolute atomic E-state index is 0. The summed E-state index contributed by atoms with van der Waals surface area (Å²) < 4.78 is 5.52. The summed E-state index contributed by atoms with van der Waals surface area (Å²) in [6.45, 7) is 3.59. The largest absolute Gasteiger partial charge is 0.368 e. The van der Waals surface area contributed by atoms with Crippen molar-refractivity contribution in [1.82, 2.24) is 15.5 Å². The summed E-state index contributed by atoms with van der Waals surface area (Å²) in [5.74, 6) is 0.0619. The third kappa shape index (κ3) is 4.46. The van der Waals surface area contributed by atoms with Crippen LogP contribution < -0.4 is 10.6 Å². The van der Waals surface area contributed by atoms with Crippen molar-refractivity contribution < 1.29 is 9.53 Å². The number of likely N-dealkylation sites (N-methyl/N-ethyl adjacent to an activating group) is 1. The van der Waals surface area contributed by atoms with E-state index in [0.29, 0.717) is 6.04 Å². The second-order valence-electron chi connectivity index (χ2n) is 5.44. The number of hydrogen-bond acceptors (Lipinski definition) is 4. The Morgan fingerprint density at radius 1 is 1.40 bits per heavy atom. The van der Waals surface area contributed by atoms with E-state index in [1.54, 1.807) is 7.11 Å². The van der Waals surface area contributed by atoms with Gasteiger partial charge in [-0.25, -0.2) is 0 Å². The first-order chi connectivity index (χ1) is 8.68. The molecule has 7 heteroatoms. The van der Waals surface area contributed by atoms with Gasteiger partial charge in [0.1, 0.15) is 5.60 Å². The Labute approximate surface area is 134 Å². The number of rotatable bonds is 4. The molecule has 0 aliphatic carbocycles. The highest BCUT2D eigenvalue weighted by Crippen LogP contribution is 2.23. The molecule has 1 atom stereocenters. The fourth-order valence-electron chi connectivity index (χ4n) is 2.96. The average Bonchev–Trinajstić information content (AvgIpc) is 2.82. The number of ether oxygens (including phenoxy) is 1. The van der Waals surface area contributed by atoms with E-state index in [4.69, 9.17) is 4.74 Å². The zero-order valence-electron chi connectivity index (χ0n) is 12.3. The molecule has 5 nitrogen and oxygen atoms in total. The van der Waals surface area contributed by atoms with Crippen LogP contribution in [0.3, 0.4) is 0 Å². The van der Waals surface area contributed by atoms with E-state index < -0.39 is 5.60 Å². The Hall–Kier alpha value is -0.0700. The molecule has 1 amide bonds. The lowest BCUT2D eigenvalue weighted by atomic mass is 9.91. The third-order valence-electron chi connectivity index (χ3n) is 4.39. The molecule has 20 heavy (non-hydrogen) atoms. The Bertz CT molecular complexity index is 299. The van der Waals surface area contributed by atoms with Crippen LogP contribution in [0.4, 0.5) is 0 Å². The maximum Gasteiger partial charge on any atom is 0.252 e. The summed E-state index contributed by atoms with van der Waals surface area (Å²) in [7, 11) is 3.77. The second-order valence-corrected chi connectivity index (χ2v) is 5.44. The maximum absolute atomic E-state index is 12.3. The van der Waals surface area contributed by atoms with Gasteiger partial charge in [0, 0.05) is 19.7 Å². The molecule has 120 valence electrons. The summed E-state index contributed by atoms with van der Waals surface area (Å²) >= 11 is 0. The second kappa shape index (κ2) is 9.05. The van der Waals surface area contributed by atoms with Gasteiger partial charge in [0.05, 0.1) is 0 Å². The molecule has 2 N–H and O–H groups in total. The van der Waals surface area contributed by atoms with Crippen molar-refractivity contribution in [2.45, 2.75) is 37.3 Å². The van der Waals surface area contributed by atoms with Gasteiger partial charge in [-0.05, 0) is 52.4 Å². The van der Waals surface area contributed by atoms with Crippen molar-refractivity contribution in [2.75, 3.05) is 40.3 Å². The Morgan fingerprint density at radius 2 is 2.05 bits per heavy atom. The molecule has 2 heterocycles. The zero-order valence-corrected chi connectivity index (χ0v) is 13.9. The standard InChI is InChI=1S/C13H25N3O2.2ClH/c1-16-9-3-4-11(16)10-15-12(17)13(18-2)5-7-14-8-6-13;;/h11,14H,3-10H2,1-2H3,(H,15,17);2*1H. The van der Waals surface area contributed by atoms with Crippen LogP contribution in [0.2, 0.25) is 0 Å². The highest BCUT2D eigenvalue weighted by atomic mass is 35.5. The lowest BCUT2D eigenvalue weighted by molar-refractivity contribution is -0.146. The van der Waals surface area contributed by atoms with Gasteiger partial charge >= 0.3 is 0 Å². The number of amides is 1. The van der Waals surface area contributed by atoms with E-state index in [-0.39, 0.29) is 30.7 Å². The van der Waals surface area contributed by atoms with E-state index in [1.165, 1.54) is 12.8 Å². The van der Waals surface area contributed by atoms with Gasteiger partial charge in [-0.2, -0.15) is 0 Å². The van der Waals surface area contributed by atoms with Crippen LogP contribution in [0.15, 0.2) is 0 Å². The van der Waals surface area contributed by atoms with Crippen molar-refractivity contribution >= 4 is 30.7 Å². The van der Waals surface area contributed by atoms with Gasteiger partial charge in [-0.15, -0.1) is 24.8 Å². The predicted octanol–water partition coefficient (Wildman–Crippen LogP) is 0.809. The van der Waals surface area contributed by atoms with Gasteiger partial charge in [-0.1, -0.05) is 0 Å². The summed E-state index contributed by atoms with van der Waals surface area (Å²) in [5, 5.41) is 6.35. The van der Waals surface area contributed by atoms with E-state index in [0.717, 1.165) is 39.0 Å². The lowest BCUT2D eigenvalue weighted by Crippen LogP contribution is -2.55. The van der Waals surface area contributed by atoms with Gasteiger partial charge in [-0.3, -0.25) is 4.79 Å². The summed E-state index contributed by atoms with van der Waals surface area (Å²) in [6, 6.07) is 0.490. The molecule has 2 aliphatic rings. The Morgan fingerprint density at radius 3 is 2.55 bits per heavy atom. The molecule has 0 saturated carbocycles. The number of hydrogen-bond donors (Lipinski definition) is 2. The molecule has 1 unspecified atom stereocenters.